The molecule has 1 amide bonds. The molecule has 1 aliphatic rings. The van der Waals surface area contributed by atoms with Crippen LogP contribution in [0.4, 0.5) is 17.6 Å². The third-order valence-electron chi connectivity index (χ3n) is 5.58. The Morgan fingerprint density at radius 2 is 1.78 bits per heavy atom. The van der Waals surface area contributed by atoms with E-state index in [9.17, 15) is 22.4 Å². The lowest BCUT2D eigenvalue weighted by Crippen LogP contribution is -2.44. The third-order valence-corrected chi connectivity index (χ3v) is 5.58. The summed E-state index contributed by atoms with van der Waals surface area (Å²) in [6, 6.07) is 11.5. The Bertz CT molecular complexity index is 1110. The number of benzene rings is 2. The molecule has 1 fully saturated rings. The number of nitrogens with zero attached hydrogens (tertiary/aromatic N) is 2. The van der Waals surface area contributed by atoms with Crippen LogP contribution in [0.2, 0.25) is 0 Å². The minimum Gasteiger partial charge on any atom is -0.349 e. The van der Waals surface area contributed by atoms with Gasteiger partial charge >= 0.3 is 0 Å². The van der Waals surface area contributed by atoms with Crippen molar-refractivity contribution in [3.05, 3.63) is 89.1 Å². The molecule has 2 heterocycles. The van der Waals surface area contributed by atoms with Gasteiger partial charge in [-0.15, -0.1) is 0 Å². The molecule has 1 N–H and O–H groups in total. The first kappa shape index (κ1) is 22.0. The fraction of sp³-hybridized carbons (Fsp3) is 0.250. The zero-order chi connectivity index (χ0) is 22.7. The summed E-state index contributed by atoms with van der Waals surface area (Å²) < 4.78 is 53.8. The first-order valence-corrected chi connectivity index (χ1v) is 10.3. The molecule has 1 saturated heterocycles. The van der Waals surface area contributed by atoms with Gasteiger partial charge in [0, 0.05) is 43.0 Å². The van der Waals surface area contributed by atoms with Crippen molar-refractivity contribution in [1.82, 2.24) is 15.2 Å². The average molecular weight is 443 g/mol. The zero-order valence-electron chi connectivity index (χ0n) is 17.1. The topological polar surface area (TPSA) is 45.2 Å². The van der Waals surface area contributed by atoms with Gasteiger partial charge in [0.1, 0.15) is 5.82 Å². The molecule has 1 aliphatic heterocycles. The minimum atomic E-state index is -1.46. The molecular weight excluding hydrogens is 422 g/mol. The van der Waals surface area contributed by atoms with Crippen LogP contribution < -0.4 is 5.32 Å². The van der Waals surface area contributed by atoms with Gasteiger partial charge in [-0.25, -0.2) is 17.6 Å². The van der Waals surface area contributed by atoms with Gasteiger partial charge in [-0.1, -0.05) is 18.2 Å². The monoisotopic (exact) mass is 443 g/mol. The maximum Gasteiger partial charge on any atom is 0.253 e. The summed E-state index contributed by atoms with van der Waals surface area (Å²) in [5.74, 6) is -4.43. The van der Waals surface area contributed by atoms with E-state index < -0.39 is 17.5 Å². The molecule has 4 nitrogen and oxygen atoms in total. The molecule has 0 saturated carbocycles. The first-order chi connectivity index (χ1) is 15.4. The molecule has 32 heavy (non-hydrogen) atoms. The van der Waals surface area contributed by atoms with Crippen LogP contribution in [-0.4, -0.2) is 34.9 Å². The van der Waals surface area contributed by atoms with Crippen molar-refractivity contribution in [1.29, 1.82) is 0 Å². The Balaban J connectivity index is 1.30. The minimum absolute atomic E-state index is 0.0588. The summed E-state index contributed by atoms with van der Waals surface area (Å²) >= 11 is 0. The van der Waals surface area contributed by atoms with Gasteiger partial charge in [0.05, 0.1) is 11.3 Å². The van der Waals surface area contributed by atoms with E-state index in [0.717, 1.165) is 6.07 Å². The average Bonchev–Trinajstić information content (AvgIpc) is 2.81. The van der Waals surface area contributed by atoms with E-state index in [1.54, 1.807) is 24.3 Å². The number of amides is 1. The molecule has 0 radical (unpaired) electrons. The van der Waals surface area contributed by atoms with Gasteiger partial charge in [0.15, 0.2) is 17.5 Å². The molecule has 2 aromatic carbocycles. The van der Waals surface area contributed by atoms with Crippen LogP contribution in [-0.2, 0) is 6.54 Å². The number of carbonyl (C=O) groups excluding carboxylic acids is 1. The van der Waals surface area contributed by atoms with Crippen LogP contribution in [0.1, 0.15) is 28.8 Å². The molecule has 166 valence electrons. The molecular formula is C24H21F4N3O. The van der Waals surface area contributed by atoms with E-state index in [4.69, 9.17) is 0 Å². The molecule has 0 bridgehead atoms. The van der Waals surface area contributed by atoms with E-state index in [0.29, 0.717) is 42.8 Å². The predicted molar refractivity (Wildman–Crippen MR) is 112 cm³/mol. The van der Waals surface area contributed by atoms with Gasteiger partial charge < -0.3 is 5.32 Å². The lowest BCUT2D eigenvalue weighted by molar-refractivity contribution is 0.0908. The number of hydrogen-bond donors (Lipinski definition) is 1. The maximum atomic E-state index is 13.9. The van der Waals surface area contributed by atoms with Gasteiger partial charge in [-0.3, -0.25) is 14.7 Å². The van der Waals surface area contributed by atoms with Crippen LogP contribution in [0.3, 0.4) is 0 Å². The van der Waals surface area contributed by atoms with Crippen LogP contribution in [0.5, 0.6) is 0 Å². The third kappa shape index (κ3) is 4.96. The van der Waals surface area contributed by atoms with Crippen molar-refractivity contribution >= 4 is 5.91 Å². The maximum absolute atomic E-state index is 13.9. The second kappa shape index (κ2) is 9.48. The zero-order valence-corrected chi connectivity index (χ0v) is 17.1. The van der Waals surface area contributed by atoms with Gasteiger partial charge in [0.2, 0.25) is 0 Å². The largest absolute Gasteiger partial charge is 0.349 e. The Kier molecular flexibility index (Phi) is 6.50. The standard InChI is InChI=1S/C24H21F4N3O/c25-18-3-1-2-15(12-18)21-7-5-16(13-29-21)24(32)30-19-8-10-31(11-9-19)14-17-4-6-20(26)23(28)22(17)27/h1-7,12-13,19H,8-11,14H2,(H,30,32). The molecule has 0 spiro atoms. The van der Waals surface area contributed by atoms with Crippen molar-refractivity contribution in [3.8, 4) is 11.3 Å². The molecule has 0 aliphatic carbocycles. The highest BCUT2D eigenvalue weighted by Gasteiger charge is 2.23. The smallest absolute Gasteiger partial charge is 0.253 e. The Hall–Kier alpha value is -3.26. The fourth-order valence-electron chi connectivity index (χ4n) is 3.78. The van der Waals surface area contributed by atoms with Crippen LogP contribution >= 0.6 is 0 Å². The number of hydrogen-bond acceptors (Lipinski definition) is 3. The number of aromatic nitrogens is 1. The summed E-state index contributed by atoms with van der Waals surface area (Å²) in [5, 5.41) is 2.97. The van der Waals surface area contributed by atoms with Crippen molar-refractivity contribution in [2.75, 3.05) is 13.1 Å². The SMILES string of the molecule is O=C(NC1CCN(Cc2ccc(F)c(F)c2F)CC1)c1ccc(-c2cccc(F)c2)nc1. The summed E-state index contributed by atoms with van der Waals surface area (Å²) in [6.45, 7) is 1.34. The highest BCUT2D eigenvalue weighted by molar-refractivity contribution is 5.94. The number of piperidine rings is 1. The van der Waals surface area contributed by atoms with E-state index in [1.807, 2.05) is 4.90 Å². The van der Waals surface area contributed by atoms with Crippen LogP contribution in [0.25, 0.3) is 11.3 Å². The lowest BCUT2D eigenvalue weighted by atomic mass is 10.0. The highest BCUT2D eigenvalue weighted by atomic mass is 19.2. The first-order valence-electron chi connectivity index (χ1n) is 10.3. The van der Waals surface area contributed by atoms with Crippen molar-refractivity contribution in [2.45, 2.75) is 25.4 Å². The van der Waals surface area contributed by atoms with Crippen LogP contribution in [0, 0.1) is 23.3 Å². The van der Waals surface area contributed by atoms with Crippen LogP contribution in [0.15, 0.2) is 54.7 Å². The van der Waals surface area contributed by atoms with Gasteiger partial charge in [-0.05, 0) is 43.2 Å². The number of pyridine rings is 1. The van der Waals surface area contributed by atoms with Crippen molar-refractivity contribution in [2.24, 2.45) is 0 Å². The number of likely N-dealkylation sites (tertiary alicyclic amines) is 1. The van der Waals surface area contributed by atoms with E-state index in [2.05, 4.69) is 10.3 Å². The summed E-state index contributed by atoms with van der Waals surface area (Å²) in [4.78, 5) is 18.7. The summed E-state index contributed by atoms with van der Waals surface area (Å²) in [7, 11) is 0. The molecule has 0 atom stereocenters. The number of carbonyl (C=O) groups is 1. The van der Waals surface area contributed by atoms with Crippen molar-refractivity contribution in [3.63, 3.8) is 0 Å². The Labute approximate surface area is 182 Å². The molecule has 1 aromatic heterocycles. The molecule has 8 heteroatoms. The predicted octanol–water partition coefficient (Wildman–Crippen LogP) is 4.70. The summed E-state index contributed by atoms with van der Waals surface area (Å²) in [6.07, 6.45) is 2.74. The number of rotatable bonds is 5. The highest BCUT2D eigenvalue weighted by Crippen LogP contribution is 2.21. The normalized spacial score (nSPS) is 15.0. The number of halogens is 4. The van der Waals surface area contributed by atoms with Gasteiger partial charge in [-0.2, -0.15) is 0 Å². The van der Waals surface area contributed by atoms with Crippen molar-refractivity contribution < 1.29 is 22.4 Å². The van der Waals surface area contributed by atoms with E-state index >= 15 is 0 Å². The van der Waals surface area contributed by atoms with Gasteiger partial charge in [0.25, 0.3) is 5.91 Å². The van der Waals surface area contributed by atoms with E-state index in [1.165, 1.54) is 24.4 Å². The lowest BCUT2D eigenvalue weighted by Gasteiger charge is -2.32. The number of nitrogens with one attached hydrogen (secondary N) is 1. The Morgan fingerprint density at radius 1 is 1.00 bits per heavy atom. The fourth-order valence-corrected chi connectivity index (χ4v) is 3.78. The van der Waals surface area contributed by atoms with E-state index in [-0.39, 0.29) is 29.9 Å². The Morgan fingerprint density at radius 3 is 2.47 bits per heavy atom. The molecule has 3 aromatic rings. The summed E-state index contributed by atoms with van der Waals surface area (Å²) in [5.41, 5.74) is 1.70. The molecule has 4 rings (SSSR count). The molecule has 0 unspecified atom stereocenters. The quantitative estimate of drug-likeness (QED) is 0.459. The second-order valence-corrected chi connectivity index (χ2v) is 7.80. The second-order valence-electron chi connectivity index (χ2n) is 7.80.